The molecule has 16 heavy (non-hydrogen) atoms. The Labute approximate surface area is 92.7 Å². The third-order valence-corrected chi connectivity index (χ3v) is 3.01. The maximum atomic E-state index is 13.6. The van der Waals surface area contributed by atoms with Crippen LogP contribution in [-0.4, -0.2) is 13.1 Å². The van der Waals surface area contributed by atoms with Crippen LogP contribution < -0.4 is 5.32 Å². The molecule has 1 fully saturated rings. The van der Waals surface area contributed by atoms with E-state index in [9.17, 15) is 13.2 Å². The van der Waals surface area contributed by atoms with E-state index in [2.05, 4.69) is 5.32 Å². The predicted octanol–water partition coefficient (Wildman–Crippen LogP) is 2.90. The van der Waals surface area contributed by atoms with Gasteiger partial charge in [0.25, 0.3) is 0 Å². The zero-order valence-electron chi connectivity index (χ0n) is 8.90. The van der Waals surface area contributed by atoms with Gasteiger partial charge in [0.2, 0.25) is 0 Å². The Morgan fingerprint density at radius 1 is 1.31 bits per heavy atom. The van der Waals surface area contributed by atoms with Gasteiger partial charge < -0.3 is 5.32 Å². The van der Waals surface area contributed by atoms with Crippen LogP contribution in [0.3, 0.4) is 0 Å². The van der Waals surface area contributed by atoms with E-state index in [1.807, 2.05) is 0 Å². The minimum absolute atomic E-state index is 0.0465. The van der Waals surface area contributed by atoms with Crippen LogP contribution in [0.2, 0.25) is 0 Å². The molecular formula is C12H14F3N. The monoisotopic (exact) mass is 229 g/mol. The molecule has 0 saturated carbocycles. The van der Waals surface area contributed by atoms with Crippen molar-refractivity contribution in [2.24, 2.45) is 0 Å². The summed E-state index contributed by atoms with van der Waals surface area (Å²) in [5.41, 5.74) is 0.513. The molecule has 1 aromatic carbocycles. The average Bonchev–Trinajstić information content (AvgIpc) is 2.33. The summed E-state index contributed by atoms with van der Waals surface area (Å²) >= 11 is 0. The molecule has 1 aliphatic heterocycles. The molecule has 1 aliphatic rings. The lowest BCUT2D eigenvalue weighted by Crippen LogP contribution is -2.29. The standard InChI is InChI=1S/C12H14F3N/c13-6-8-4-10(12(15)11(14)5-8)9-2-1-3-16-7-9/h4-5,9,16H,1-3,6-7H2. The van der Waals surface area contributed by atoms with Gasteiger partial charge in [0.05, 0.1) is 0 Å². The molecule has 1 nitrogen and oxygen atoms in total. The lowest BCUT2D eigenvalue weighted by Gasteiger charge is -2.24. The van der Waals surface area contributed by atoms with Gasteiger partial charge in [-0.1, -0.05) is 0 Å². The van der Waals surface area contributed by atoms with Gasteiger partial charge in [-0.15, -0.1) is 0 Å². The van der Waals surface area contributed by atoms with Gasteiger partial charge in [-0.3, -0.25) is 0 Å². The van der Waals surface area contributed by atoms with Crippen LogP contribution in [0.25, 0.3) is 0 Å². The molecule has 88 valence electrons. The van der Waals surface area contributed by atoms with E-state index >= 15 is 0 Å². The first kappa shape index (κ1) is 11.5. The summed E-state index contributed by atoms with van der Waals surface area (Å²) in [6, 6.07) is 2.37. The number of halogens is 3. The van der Waals surface area contributed by atoms with E-state index in [-0.39, 0.29) is 11.5 Å². The minimum atomic E-state index is -0.948. The molecule has 0 bridgehead atoms. The van der Waals surface area contributed by atoms with Gasteiger partial charge in [0, 0.05) is 6.54 Å². The molecule has 0 aliphatic carbocycles. The van der Waals surface area contributed by atoms with Gasteiger partial charge >= 0.3 is 0 Å². The van der Waals surface area contributed by atoms with Crippen molar-refractivity contribution < 1.29 is 13.2 Å². The number of nitrogens with one attached hydrogen (secondary N) is 1. The first-order chi connectivity index (χ1) is 7.72. The molecular weight excluding hydrogens is 215 g/mol. The van der Waals surface area contributed by atoms with Crippen LogP contribution in [0.5, 0.6) is 0 Å². The highest BCUT2D eigenvalue weighted by atomic mass is 19.2. The highest BCUT2D eigenvalue weighted by Gasteiger charge is 2.21. The zero-order valence-corrected chi connectivity index (χ0v) is 8.90. The normalized spacial score (nSPS) is 21.1. The molecule has 0 aromatic heterocycles. The fourth-order valence-electron chi connectivity index (χ4n) is 2.16. The molecule has 1 atom stereocenters. The maximum Gasteiger partial charge on any atom is 0.162 e. The Balaban J connectivity index is 2.33. The van der Waals surface area contributed by atoms with Crippen molar-refractivity contribution in [2.45, 2.75) is 25.4 Å². The number of hydrogen-bond acceptors (Lipinski definition) is 1. The number of alkyl halides is 1. The largest absolute Gasteiger partial charge is 0.316 e. The van der Waals surface area contributed by atoms with Crippen LogP contribution in [0.4, 0.5) is 13.2 Å². The second kappa shape index (κ2) is 4.87. The number of rotatable bonds is 2. The van der Waals surface area contributed by atoms with E-state index in [1.54, 1.807) is 0 Å². The summed E-state index contributed by atoms with van der Waals surface area (Å²) in [5.74, 6) is -1.82. The molecule has 0 spiro atoms. The van der Waals surface area contributed by atoms with Crippen molar-refractivity contribution in [1.82, 2.24) is 5.32 Å². The predicted molar refractivity (Wildman–Crippen MR) is 56.0 cm³/mol. The quantitative estimate of drug-likeness (QED) is 0.822. The molecule has 1 heterocycles. The van der Waals surface area contributed by atoms with Crippen molar-refractivity contribution >= 4 is 0 Å². The summed E-state index contributed by atoms with van der Waals surface area (Å²) in [6.07, 6.45) is 1.75. The van der Waals surface area contributed by atoms with E-state index in [4.69, 9.17) is 0 Å². The first-order valence-corrected chi connectivity index (χ1v) is 5.47. The SMILES string of the molecule is FCc1cc(F)c(F)c(C2CCCNC2)c1. The summed E-state index contributed by atoms with van der Waals surface area (Å²) in [7, 11) is 0. The topological polar surface area (TPSA) is 12.0 Å². The van der Waals surface area contributed by atoms with Gasteiger partial charge in [-0.25, -0.2) is 13.2 Å². The first-order valence-electron chi connectivity index (χ1n) is 5.47. The molecule has 2 rings (SSSR count). The Hall–Kier alpha value is -1.03. The minimum Gasteiger partial charge on any atom is -0.316 e. The van der Waals surface area contributed by atoms with E-state index in [0.29, 0.717) is 12.1 Å². The summed E-state index contributed by atoms with van der Waals surface area (Å²) in [5, 5.41) is 3.13. The number of benzene rings is 1. The maximum absolute atomic E-state index is 13.6. The van der Waals surface area contributed by atoms with E-state index < -0.39 is 18.3 Å². The number of piperidine rings is 1. The molecule has 1 N–H and O–H groups in total. The third-order valence-electron chi connectivity index (χ3n) is 3.01. The van der Waals surface area contributed by atoms with Gasteiger partial charge in [0.15, 0.2) is 11.6 Å². The fourth-order valence-corrected chi connectivity index (χ4v) is 2.16. The summed E-state index contributed by atoms with van der Waals surface area (Å²) in [4.78, 5) is 0. The summed E-state index contributed by atoms with van der Waals surface area (Å²) < 4.78 is 39.3. The highest BCUT2D eigenvalue weighted by Crippen LogP contribution is 2.28. The Bertz CT molecular complexity index is 373. The van der Waals surface area contributed by atoms with E-state index in [1.165, 1.54) is 6.07 Å². The molecule has 0 amide bonds. The second-order valence-corrected chi connectivity index (χ2v) is 4.16. The third kappa shape index (κ3) is 2.21. The van der Waals surface area contributed by atoms with E-state index in [0.717, 1.165) is 25.5 Å². The van der Waals surface area contributed by atoms with Crippen LogP contribution >= 0.6 is 0 Å². The Morgan fingerprint density at radius 3 is 2.75 bits per heavy atom. The molecule has 4 heteroatoms. The van der Waals surface area contributed by atoms with Crippen LogP contribution in [0.1, 0.15) is 29.9 Å². The molecule has 1 saturated heterocycles. The van der Waals surface area contributed by atoms with Crippen LogP contribution in [0, 0.1) is 11.6 Å². The lowest BCUT2D eigenvalue weighted by molar-refractivity contribution is 0.425. The Morgan fingerprint density at radius 2 is 2.12 bits per heavy atom. The highest BCUT2D eigenvalue weighted by molar-refractivity contribution is 5.29. The van der Waals surface area contributed by atoms with Crippen LogP contribution in [-0.2, 0) is 6.67 Å². The van der Waals surface area contributed by atoms with Crippen molar-refractivity contribution in [3.8, 4) is 0 Å². The summed E-state index contributed by atoms with van der Waals surface area (Å²) in [6.45, 7) is 0.778. The second-order valence-electron chi connectivity index (χ2n) is 4.16. The fraction of sp³-hybridized carbons (Fsp3) is 0.500. The van der Waals surface area contributed by atoms with Gasteiger partial charge in [0.1, 0.15) is 6.67 Å². The van der Waals surface area contributed by atoms with Crippen LogP contribution in [0.15, 0.2) is 12.1 Å². The lowest BCUT2D eigenvalue weighted by atomic mass is 9.90. The molecule has 1 aromatic rings. The number of hydrogen-bond donors (Lipinski definition) is 1. The van der Waals surface area contributed by atoms with Gasteiger partial charge in [-0.2, -0.15) is 0 Å². The molecule has 0 radical (unpaired) electrons. The van der Waals surface area contributed by atoms with Crippen molar-refractivity contribution in [3.63, 3.8) is 0 Å². The Kier molecular flexibility index (Phi) is 3.49. The van der Waals surface area contributed by atoms with Crippen molar-refractivity contribution in [3.05, 3.63) is 34.9 Å². The zero-order chi connectivity index (χ0) is 11.5. The van der Waals surface area contributed by atoms with Crippen molar-refractivity contribution in [1.29, 1.82) is 0 Å². The molecule has 1 unspecified atom stereocenters. The van der Waals surface area contributed by atoms with Gasteiger partial charge in [-0.05, 0) is 48.6 Å². The average molecular weight is 229 g/mol. The smallest absolute Gasteiger partial charge is 0.162 e. The van der Waals surface area contributed by atoms with Crippen molar-refractivity contribution in [2.75, 3.05) is 13.1 Å².